The van der Waals surface area contributed by atoms with Crippen LogP contribution in [0.15, 0.2) is 24.3 Å². The molecule has 1 aromatic carbocycles. The highest BCUT2D eigenvalue weighted by Gasteiger charge is 2.26. The molecule has 2 heterocycles. The minimum Gasteiger partial charge on any atom is -0.326 e. The van der Waals surface area contributed by atoms with E-state index in [4.69, 9.17) is 5.73 Å². The molecular weight excluding hydrogens is 231 g/mol. The van der Waals surface area contributed by atoms with Gasteiger partial charge in [-0.15, -0.1) is 0 Å². The summed E-state index contributed by atoms with van der Waals surface area (Å²) in [5, 5.41) is 4.45. The third-order valence-electron chi connectivity index (χ3n) is 3.49. The van der Waals surface area contributed by atoms with Crippen molar-refractivity contribution >= 4 is 0 Å². The average molecular weight is 246 g/mol. The number of aryl methyl sites for hydroxylation is 1. The number of fused-ring (bicyclic) bond motifs is 1. The topological polar surface area (TPSA) is 56.7 Å². The lowest BCUT2D eigenvalue weighted by molar-refractivity contribution is 0.339. The van der Waals surface area contributed by atoms with Crippen LogP contribution in [0, 0.1) is 5.82 Å². The third kappa shape index (κ3) is 1.80. The molecule has 2 aromatic rings. The molecule has 0 fully saturated rings. The van der Waals surface area contributed by atoms with Crippen LogP contribution in [0.2, 0.25) is 0 Å². The van der Waals surface area contributed by atoms with E-state index in [-0.39, 0.29) is 17.9 Å². The van der Waals surface area contributed by atoms with Gasteiger partial charge in [0.05, 0.1) is 6.04 Å². The van der Waals surface area contributed by atoms with Gasteiger partial charge in [-0.1, -0.05) is 12.1 Å². The highest BCUT2D eigenvalue weighted by Crippen LogP contribution is 2.25. The number of halogens is 1. The van der Waals surface area contributed by atoms with Crippen molar-refractivity contribution in [1.82, 2.24) is 14.8 Å². The van der Waals surface area contributed by atoms with Crippen molar-refractivity contribution in [2.45, 2.75) is 31.8 Å². The predicted molar refractivity (Wildman–Crippen MR) is 66.4 cm³/mol. The fourth-order valence-corrected chi connectivity index (χ4v) is 2.32. The molecule has 2 atom stereocenters. The van der Waals surface area contributed by atoms with Crippen LogP contribution in [0.5, 0.6) is 0 Å². The first-order valence-corrected chi connectivity index (χ1v) is 6.12. The van der Waals surface area contributed by atoms with Gasteiger partial charge in [-0.2, -0.15) is 5.10 Å². The van der Waals surface area contributed by atoms with Gasteiger partial charge >= 0.3 is 0 Å². The maximum absolute atomic E-state index is 13.2. The van der Waals surface area contributed by atoms with Crippen molar-refractivity contribution in [3.8, 4) is 11.4 Å². The zero-order chi connectivity index (χ0) is 12.7. The second kappa shape index (κ2) is 4.17. The highest BCUT2D eigenvalue weighted by atomic mass is 19.1. The summed E-state index contributed by atoms with van der Waals surface area (Å²) in [6.45, 7) is 2.04. The van der Waals surface area contributed by atoms with Crippen LogP contribution in [0.1, 0.15) is 25.2 Å². The molecule has 0 saturated carbocycles. The number of hydrogen-bond donors (Lipinski definition) is 1. The first-order chi connectivity index (χ1) is 8.65. The fraction of sp³-hybridized carbons (Fsp3) is 0.385. The van der Waals surface area contributed by atoms with Crippen molar-refractivity contribution in [3.63, 3.8) is 0 Å². The number of nitrogens with zero attached hydrogens (tertiary/aromatic N) is 3. The van der Waals surface area contributed by atoms with Gasteiger partial charge in [0.2, 0.25) is 0 Å². The van der Waals surface area contributed by atoms with Crippen molar-refractivity contribution in [3.05, 3.63) is 35.9 Å². The summed E-state index contributed by atoms with van der Waals surface area (Å²) in [6.07, 6.45) is 1.75. The average Bonchev–Trinajstić information content (AvgIpc) is 2.79. The molecule has 2 N–H and O–H groups in total. The van der Waals surface area contributed by atoms with Gasteiger partial charge in [0, 0.05) is 18.0 Å². The molecular formula is C13H15FN4. The van der Waals surface area contributed by atoms with Gasteiger partial charge in [-0.3, -0.25) is 0 Å². The first kappa shape index (κ1) is 11.3. The van der Waals surface area contributed by atoms with E-state index in [1.807, 2.05) is 17.7 Å². The second-order valence-electron chi connectivity index (χ2n) is 4.75. The highest BCUT2D eigenvalue weighted by molar-refractivity contribution is 5.54. The molecule has 4 nitrogen and oxygen atoms in total. The SMILES string of the molecule is CC1C(N)CCc2nc(-c3cccc(F)c3)nn21. The Morgan fingerprint density at radius 3 is 3.06 bits per heavy atom. The summed E-state index contributed by atoms with van der Waals surface area (Å²) < 4.78 is 15.1. The van der Waals surface area contributed by atoms with Crippen LogP contribution in [0.4, 0.5) is 4.39 Å². The van der Waals surface area contributed by atoms with Crippen LogP contribution >= 0.6 is 0 Å². The molecule has 0 saturated heterocycles. The molecule has 0 spiro atoms. The third-order valence-corrected chi connectivity index (χ3v) is 3.49. The first-order valence-electron chi connectivity index (χ1n) is 6.12. The van der Waals surface area contributed by atoms with E-state index in [1.165, 1.54) is 12.1 Å². The second-order valence-corrected chi connectivity index (χ2v) is 4.75. The van der Waals surface area contributed by atoms with E-state index in [0.29, 0.717) is 11.4 Å². The summed E-state index contributed by atoms with van der Waals surface area (Å²) >= 11 is 0. The molecule has 1 aliphatic heterocycles. The summed E-state index contributed by atoms with van der Waals surface area (Å²) in [5.41, 5.74) is 6.72. The van der Waals surface area contributed by atoms with Crippen molar-refractivity contribution in [1.29, 1.82) is 0 Å². The molecule has 0 radical (unpaired) electrons. The van der Waals surface area contributed by atoms with Gasteiger partial charge in [-0.05, 0) is 25.5 Å². The molecule has 5 heteroatoms. The summed E-state index contributed by atoms with van der Waals surface area (Å²) in [7, 11) is 0. The lowest BCUT2D eigenvalue weighted by atomic mass is 10.0. The molecule has 0 aliphatic carbocycles. The normalized spacial score (nSPS) is 22.8. The van der Waals surface area contributed by atoms with E-state index in [2.05, 4.69) is 10.1 Å². The zero-order valence-electron chi connectivity index (χ0n) is 10.2. The van der Waals surface area contributed by atoms with E-state index >= 15 is 0 Å². The Labute approximate surface area is 105 Å². The van der Waals surface area contributed by atoms with Crippen LogP contribution < -0.4 is 5.73 Å². The van der Waals surface area contributed by atoms with E-state index in [9.17, 15) is 4.39 Å². The lowest BCUT2D eigenvalue weighted by Gasteiger charge is -2.25. The largest absolute Gasteiger partial charge is 0.326 e. The zero-order valence-corrected chi connectivity index (χ0v) is 10.2. The van der Waals surface area contributed by atoms with Crippen LogP contribution in [0.3, 0.4) is 0 Å². The number of hydrogen-bond acceptors (Lipinski definition) is 3. The monoisotopic (exact) mass is 246 g/mol. The van der Waals surface area contributed by atoms with E-state index in [1.54, 1.807) is 6.07 Å². The number of nitrogens with two attached hydrogens (primary N) is 1. The smallest absolute Gasteiger partial charge is 0.181 e. The minimum absolute atomic E-state index is 0.111. The fourth-order valence-electron chi connectivity index (χ4n) is 2.32. The van der Waals surface area contributed by atoms with Gasteiger partial charge < -0.3 is 5.73 Å². The Bertz CT molecular complexity index is 578. The molecule has 94 valence electrons. The maximum Gasteiger partial charge on any atom is 0.181 e. The van der Waals surface area contributed by atoms with Gasteiger partial charge in [0.25, 0.3) is 0 Å². The molecule has 1 aliphatic rings. The van der Waals surface area contributed by atoms with Gasteiger partial charge in [0.1, 0.15) is 11.6 Å². The molecule has 1 aromatic heterocycles. The maximum atomic E-state index is 13.2. The van der Waals surface area contributed by atoms with E-state index < -0.39 is 0 Å². The molecule has 18 heavy (non-hydrogen) atoms. The van der Waals surface area contributed by atoms with Crippen molar-refractivity contribution < 1.29 is 4.39 Å². The van der Waals surface area contributed by atoms with Crippen LogP contribution in [-0.2, 0) is 6.42 Å². The molecule has 0 amide bonds. The van der Waals surface area contributed by atoms with Crippen LogP contribution in [-0.4, -0.2) is 20.8 Å². The van der Waals surface area contributed by atoms with Gasteiger partial charge in [-0.25, -0.2) is 14.1 Å². The van der Waals surface area contributed by atoms with Gasteiger partial charge in [0.15, 0.2) is 5.82 Å². The quantitative estimate of drug-likeness (QED) is 0.836. The Kier molecular flexibility index (Phi) is 2.63. The standard InChI is InChI=1S/C13H15FN4/c1-8-11(15)5-6-12-16-13(17-18(8)12)9-3-2-4-10(14)7-9/h2-4,7-8,11H,5-6,15H2,1H3. The number of benzene rings is 1. The Hall–Kier alpha value is -1.75. The van der Waals surface area contributed by atoms with E-state index in [0.717, 1.165) is 18.7 Å². The lowest BCUT2D eigenvalue weighted by Crippen LogP contribution is -2.36. The Morgan fingerprint density at radius 2 is 2.28 bits per heavy atom. The minimum atomic E-state index is -0.273. The molecule has 0 bridgehead atoms. The molecule has 2 unspecified atom stereocenters. The van der Waals surface area contributed by atoms with Crippen molar-refractivity contribution in [2.75, 3.05) is 0 Å². The predicted octanol–water partition coefficient (Wildman–Crippen LogP) is 1.92. The summed E-state index contributed by atoms with van der Waals surface area (Å²) in [6, 6.07) is 6.60. The van der Waals surface area contributed by atoms with Crippen LogP contribution in [0.25, 0.3) is 11.4 Å². The Morgan fingerprint density at radius 1 is 1.44 bits per heavy atom. The number of aromatic nitrogens is 3. The Balaban J connectivity index is 2.03. The summed E-state index contributed by atoms with van der Waals surface area (Å²) in [5.74, 6) is 1.24. The number of rotatable bonds is 1. The summed E-state index contributed by atoms with van der Waals surface area (Å²) in [4.78, 5) is 4.48. The van der Waals surface area contributed by atoms with Crippen molar-refractivity contribution in [2.24, 2.45) is 5.73 Å². The molecule has 3 rings (SSSR count).